The van der Waals surface area contributed by atoms with Crippen molar-refractivity contribution >= 4 is 29.0 Å². The first-order chi connectivity index (χ1) is 9.94. The maximum Gasteiger partial charge on any atom is 0.295 e. The van der Waals surface area contributed by atoms with Crippen LogP contribution in [0.25, 0.3) is 0 Å². The van der Waals surface area contributed by atoms with E-state index in [1.165, 1.54) is 29.5 Å². The maximum atomic E-state index is 12.3. The minimum Gasteiger partial charge on any atom is -0.466 e. The molecule has 2 atom stereocenters. The summed E-state index contributed by atoms with van der Waals surface area (Å²) in [4.78, 5) is 14.3. The normalized spacial score (nSPS) is 22.6. The molecule has 2 unspecified atom stereocenters. The number of carbonyl (C=O) groups excluding carboxylic acids is 1. The van der Waals surface area contributed by atoms with Crippen LogP contribution in [0.5, 0.6) is 5.19 Å². The molecular formula is C14H23N3O2S2. The van der Waals surface area contributed by atoms with E-state index in [-0.39, 0.29) is 12.0 Å². The van der Waals surface area contributed by atoms with Crippen LogP contribution in [0.3, 0.4) is 0 Å². The van der Waals surface area contributed by atoms with Gasteiger partial charge in [0.25, 0.3) is 5.19 Å². The molecule has 1 aliphatic rings. The molecular weight excluding hydrogens is 306 g/mol. The lowest BCUT2D eigenvalue weighted by Crippen LogP contribution is -2.43. The number of hydrogen-bond donors (Lipinski definition) is 0. The summed E-state index contributed by atoms with van der Waals surface area (Å²) in [6.07, 6.45) is 1.30. The van der Waals surface area contributed by atoms with Crippen LogP contribution in [-0.4, -0.2) is 46.0 Å². The zero-order valence-electron chi connectivity index (χ0n) is 13.0. The van der Waals surface area contributed by atoms with Gasteiger partial charge in [0.1, 0.15) is 0 Å². The fourth-order valence-electron chi connectivity index (χ4n) is 2.59. The van der Waals surface area contributed by atoms with Gasteiger partial charge in [0.05, 0.1) is 11.9 Å². The first kappa shape index (κ1) is 16.5. The second-order valence-electron chi connectivity index (χ2n) is 6.03. The van der Waals surface area contributed by atoms with Crippen molar-refractivity contribution in [3.8, 4) is 5.19 Å². The molecule has 21 heavy (non-hydrogen) atoms. The van der Waals surface area contributed by atoms with E-state index in [1.54, 1.807) is 0 Å². The Morgan fingerprint density at radius 1 is 1.38 bits per heavy atom. The summed E-state index contributed by atoms with van der Waals surface area (Å²) in [5, 5.41) is 8.59. The molecule has 1 fully saturated rings. The van der Waals surface area contributed by atoms with E-state index in [0.717, 1.165) is 17.4 Å². The van der Waals surface area contributed by atoms with Crippen molar-refractivity contribution in [3.63, 3.8) is 0 Å². The molecule has 0 saturated carbocycles. The van der Waals surface area contributed by atoms with E-state index in [2.05, 4.69) is 24.0 Å². The van der Waals surface area contributed by atoms with Crippen molar-refractivity contribution in [1.82, 2.24) is 15.1 Å². The maximum absolute atomic E-state index is 12.3. The highest BCUT2D eigenvalue weighted by molar-refractivity contribution is 8.01. The highest BCUT2D eigenvalue weighted by Crippen LogP contribution is 2.28. The fraction of sp³-hybridized carbons (Fsp3) is 0.786. The molecule has 0 spiro atoms. The van der Waals surface area contributed by atoms with Crippen LogP contribution in [0.4, 0.5) is 0 Å². The van der Waals surface area contributed by atoms with Crippen molar-refractivity contribution in [3.05, 3.63) is 0 Å². The van der Waals surface area contributed by atoms with E-state index in [4.69, 9.17) is 4.74 Å². The third-order valence-electron chi connectivity index (χ3n) is 3.27. The summed E-state index contributed by atoms with van der Waals surface area (Å²) in [7, 11) is 0. The molecule has 5 nitrogen and oxygen atoms in total. The van der Waals surface area contributed by atoms with Gasteiger partial charge < -0.3 is 9.64 Å². The number of carbonyl (C=O) groups is 1. The highest BCUT2D eigenvalue weighted by Gasteiger charge is 2.25. The molecule has 1 aromatic rings. The average molecular weight is 329 g/mol. The van der Waals surface area contributed by atoms with E-state index < -0.39 is 0 Å². The largest absolute Gasteiger partial charge is 0.466 e. The van der Waals surface area contributed by atoms with Crippen molar-refractivity contribution in [1.29, 1.82) is 0 Å². The molecule has 1 aliphatic heterocycles. The molecule has 0 aromatic carbocycles. The van der Waals surface area contributed by atoms with Crippen molar-refractivity contribution < 1.29 is 9.53 Å². The molecule has 0 N–H and O–H groups in total. The number of thioether (sulfide) groups is 1. The number of likely N-dealkylation sites (tertiary alicyclic amines) is 1. The van der Waals surface area contributed by atoms with E-state index in [9.17, 15) is 4.79 Å². The highest BCUT2D eigenvalue weighted by atomic mass is 32.2. The van der Waals surface area contributed by atoms with Crippen LogP contribution in [0.1, 0.15) is 34.1 Å². The zero-order valence-corrected chi connectivity index (χ0v) is 14.7. The first-order valence-corrected chi connectivity index (χ1v) is 9.15. The summed E-state index contributed by atoms with van der Waals surface area (Å²) in [5.41, 5.74) is 0. The number of nitrogens with zero attached hydrogens (tertiary/aromatic N) is 3. The second kappa shape index (κ2) is 7.45. The lowest BCUT2D eigenvalue weighted by Gasteiger charge is -2.34. The number of ether oxygens (including phenoxy) is 1. The van der Waals surface area contributed by atoms with Crippen LogP contribution < -0.4 is 4.74 Å². The lowest BCUT2D eigenvalue weighted by atomic mass is 9.92. The van der Waals surface area contributed by atoms with Crippen LogP contribution in [-0.2, 0) is 4.79 Å². The van der Waals surface area contributed by atoms with Crippen LogP contribution in [0.15, 0.2) is 4.34 Å². The van der Waals surface area contributed by atoms with Gasteiger partial charge in [-0.25, -0.2) is 0 Å². The molecule has 0 radical (unpaired) electrons. The van der Waals surface area contributed by atoms with Gasteiger partial charge in [0.15, 0.2) is 4.34 Å². The Labute approximate surface area is 134 Å². The van der Waals surface area contributed by atoms with Crippen LogP contribution in [0.2, 0.25) is 0 Å². The number of piperidine rings is 1. The van der Waals surface area contributed by atoms with Crippen molar-refractivity contribution in [2.75, 3.05) is 18.8 Å². The molecule has 1 amide bonds. The van der Waals surface area contributed by atoms with Crippen molar-refractivity contribution in [2.24, 2.45) is 11.8 Å². The standard InChI is InChI=1S/C14H23N3O2S2/c1-9(2)19-13-15-16-14(21-13)20-8-12(18)17-6-10(3)5-11(4)7-17/h9-11H,5-8H2,1-4H3. The van der Waals surface area contributed by atoms with Gasteiger partial charge in [-0.2, -0.15) is 0 Å². The number of hydrogen-bond acceptors (Lipinski definition) is 6. The smallest absolute Gasteiger partial charge is 0.295 e. The van der Waals surface area contributed by atoms with E-state index in [0.29, 0.717) is 22.8 Å². The quantitative estimate of drug-likeness (QED) is 0.778. The topological polar surface area (TPSA) is 55.3 Å². The zero-order chi connectivity index (χ0) is 15.4. The molecule has 118 valence electrons. The van der Waals surface area contributed by atoms with E-state index >= 15 is 0 Å². The molecule has 7 heteroatoms. The Bertz CT molecular complexity index is 469. The van der Waals surface area contributed by atoms with Gasteiger partial charge in [-0.15, -0.1) is 5.10 Å². The summed E-state index contributed by atoms with van der Waals surface area (Å²) in [6, 6.07) is 0. The minimum absolute atomic E-state index is 0.0914. The van der Waals surface area contributed by atoms with Gasteiger partial charge in [0, 0.05) is 13.1 Å². The van der Waals surface area contributed by atoms with Crippen LogP contribution >= 0.6 is 23.1 Å². The van der Waals surface area contributed by atoms with Gasteiger partial charge >= 0.3 is 0 Å². The Morgan fingerprint density at radius 2 is 2.05 bits per heavy atom. The Kier molecular flexibility index (Phi) is 5.87. The lowest BCUT2D eigenvalue weighted by molar-refractivity contribution is -0.130. The summed E-state index contributed by atoms with van der Waals surface area (Å²) in [6.45, 7) is 10.1. The number of aromatic nitrogens is 2. The molecule has 0 aliphatic carbocycles. The molecule has 0 bridgehead atoms. The Hall–Kier alpha value is -0.820. The predicted octanol–water partition coefficient (Wildman–Crippen LogP) is 2.92. The predicted molar refractivity (Wildman–Crippen MR) is 85.9 cm³/mol. The Balaban J connectivity index is 1.82. The van der Waals surface area contributed by atoms with Gasteiger partial charge in [-0.05, 0) is 43.4 Å². The number of amides is 1. The minimum atomic E-state index is 0.0914. The summed E-state index contributed by atoms with van der Waals surface area (Å²) >= 11 is 2.84. The first-order valence-electron chi connectivity index (χ1n) is 7.34. The van der Waals surface area contributed by atoms with Crippen LogP contribution in [0, 0.1) is 11.8 Å². The molecule has 2 heterocycles. The summed E-state index contributed by atoms with van der Waals surface area (Å²) < 4.78 is 6.27. The van der Waals surface area contributed by atoms with Crippen molar-refractivity contribution in [2.45, 2.75) is 44.6 Å². The van der Waals surface area contributed by atoms with Gasteiger partial charge in [0.2, 0.25) is 5.91 Å². The summed E-state index contributed by atoms with van der Waals surface area (Å²) in [5.74, 6) is 1.81. The fourth-order valence-corrected chi connectivity index (χ4v) is 4.29. The molecule has 2 rings (SSSR count). The third kappa shape index (κ3) is 5.14. The molecule has 1 saturated heterocycles. The average Bonchev–Trinajstić information content (AvgIpc) is 2.81. The van der Waals surface area contributed by atoms with E-state index in [1.807, 2.05) is 18.7 Å². The SMILES string of the molecule is CC1CC(C)CN(C(=O)CSc2nnc(OC(C)C)s2)C1. The third-order valence-corrected chi connectivity index (χ3v) is 5.20. The van der Waals surface area contributed by atoms with Gasteiger partial charge in [-0.1, -0.05) is 30.7 Å². The monoisotopic (exact) mass is 329 g/mol. The van der Waals surface area contributed by atoms with Gasteiger partial charge in [-0.3, -0.25) is 4.79 Å². The number of rotatable bonds is 5. The molecule has 1 aromatic heterocycles. The Morgan fingerprint density at radius 3 is 2.67 bits per heavy atom. The second-order valence-corrected chi connectivity index (χ2v) is 8.20.